The molecule has 0 aliphatic rings. The highest BCUT2D eigenvalue weighted by Gasteiger charge is 2.28. The van der Waals surface area contributed by atoms with Crippen molar-refractivity contribution in [1.29, 1.82) is 0 Å². The quantitative estimate of drug-likeness (QED) is 0.940. The van der Waals surface area contributed by atoms with Crippen LogP contribution in [0.15, 0.2) is 6.20 Å². The van der Waals surface area contributed by atoms with Crippen LogP contribution in [0.4, 0.5) is 0 Å². The maximum absolute atomic E-state index is 10.7. The number of aliphatic hydroxyl groups excluding tert-OH is 1. The minimum absolute atomic E-state index is 0.0966. The third-order valence-corrected chi connectivity index (χ3v) is 3.68. The van der Waals surface area contributed by atoms with E-state index in [1.165, 1.54) is 4.68 Å². The van der Waals surface area contributed by atoms with E-state index in [1.54, 1.807) is 25.0 Å². The first-order valence-corrected chi connectivity index (χ1v) is 6.74. The molecule has 0 bridgehead atoms. The zero-order valence-corrected chi connectivity index (χ0v) is 13.0. The monoisotopic (exact) mass is 298 g/mol. The van der Waals surface area contributed by atoms with Gasteiger partial charge in [-0.25, -0.2) is 0 Å². The fraction of sp³-hybridized carbons (Fsp3) is 0.538. The van der Waals surface area contributed by atoms with E-state index in [0.29, 0.717) is 27.9 Å². The lowest BCUT2D eigenvalue weighted by atomic mass is 10.1. The van der Waals surface area contributed by atoms with Crippen LogP contribution < -0.4 is 4.74 Å². The molecule has 0 saturated heterocycles. The third kappa shape index (κ3) is 2.29. The van der Waals surface area contributed by atoms with Crippen LogP contribution in [0.3, 0.4) is 0 Å². The Balaban J connectivity index is 2.58. The van der Waals surface area contributed by atoms with Crippen LogP contribution in [-0.2, 0) is 7.05 Å². The molecule has 20 heavy (non-hydrogen) atoms. The second-order valence-electron chi connectivity index (χ2n) is 4.95. The summed E-state index contributed by atoms with van der Waals surface area (Å²) in [7, 11) is 3.29. The summed E-state index contributed by atoms with van der Waals surface area (Å²) in [6.07, 6.45) is 0.661. The molecule has 6 nitrogen and oxygen atoms in total. The molecule has 2 heterocycles. The average molecular weight is 299 g/mol. The molecule has 1 atom stereocenters. The van der Waals surface area contributed by atoms with Crippen LogP contribution in [0, 0.1) is 6.92 Å². The van der Waals surface area contributed by atoms with Gasteiger partial charge in [0.15, 0.2) is 5.75 Å². The summed E-state index contributed by atoms with van der Waals surface area (Å²) >= 11 is 6.22. The molecule has 2 aromatic heterocycles. The maximum Gasteiger partial charge on any atom is 0.163 e. The largest absolute Gasteiger partial charge is 0.493 e. The number of hydrogen-bond donors (Lipinski definition) is 1. The summed E-state index contributed by atoms with van der Waals surface area (Å²) in [6.45, 7) is 5.79. The van der Waals surface area contributed by atoms with Gasteiger partial charge in [-0.15, -0.1) is 0 Å². The number of nitrogens with zero attached hydrogens (tertiary/aromatic N) is 4. The molecular formula is C13H19ClN4O2. The van der Waals surface area contributed by atoms with Crippen molar-refractivity contribution in [2.45, 2.75) is 32.9 Å². The van der Waals surface area contributed by atoms with E-state index in [2.05, 4.69) is 10.2 Å². The lowest BCUT2D eigenvalue weighted by Gasteiger charge is -2.17. The van der Waals surface area contributed by atoms with Crippen molar-refractivity contribution < 1.29 is 9.84 Å². The molecule has 0 radical (unpaired) electrons. The van der Waals surface area contributed by atoms with E-state index in [1.807, 2.05) is 20.8 Å². The van der Waals surface area contributed by atoms with Gasteiger partial charge in [0.1, 0.15) is 17.0 Å². The summed E-state index contributed by atoms with van der Waals surface area (Å²) in [5.74, 6) is 0.533. The Kier molecular flexibility index (Phi) is 4.06. The highest BCUT2D eigenvalue weighted by molar-refractivity contribution is 6.30. The second kappa shape index (κ2) is 5.46. The van der Waals surface area contributed by atoms with Crippen LogP contribution in [0.5, 0.6) is 5.75 Å². The van der Waals surface area contributed by atoms with Gasteiger partial charge in [0.2, 0.25) is 0 Å². The van der Waals surface area contributed by atoms with E-state index in [-0.39, 0.29) is 6.04 Å². The van der Waals surface area contributed by atoms with Gasteiger partial charge in [-0.05, 0) is 20.8 Å². The second-order valence-corrected chi connectivity index (χ2v) is 5.31. The molecule has 1 unspecified atom stereocenters. The smallest absolute Gasteiger partial charge is 0.163 e. The normalized spacial score (nSPS) is 13.0. The predicted octanol–water partition coefficient (Wildman–Crippen LogP) is 2.25. The van der Waals surface area contributed by atoms with Crippen molar-refractivity contribution in [3.63, 3.8) is 0 Å². The molecular weight excluding hydrogens is 280 g/mol. The third-order valence-electron chi connectivity index (χ3n) is 3.24. The Labute approximate surface area is 122 Å². The summed E-state index contributed by atoms with van der Waals surface area (Å²) < 4.78 is 8.56. The number of aromatic nitrogens is 4. The molecule has 0 aliphatic carbocycles. The van der Waals surface area contributed by atoms with Crippen molar-refractivity contribution in [2.75, 3.05) is 7.11 Å². The van der Waals surface area contributed by atoms with E-state index in [4.69, 9.17) is 16.3 Å². The van der Waals surface area contributed by atoms with Gasteiger partial charge in [-0.2, -0.15) is 10.2 Å². The number of rotatable bonds is 4. The van der Waals surface area contributed by atoms with Gasteiger partial charge < -0.3 is 9.84 Å². The Hall–Kier alpha value is -1.53. The molecule has 0 amide bonds. The minimum atomic E-state index is -0.934. The Morgan fingerprint density at radius 1 is 1.40 bits per heavy atom. The summed E-state index contributed by atoms with van der Waals surface area (Å²) in [5.41, 5.74) is 1.85. The van der Waals surface area contributed by atoms with E-state index in [9.17, 15) is 5.11 Å². The molecule has 7 heteroatoms. The Morgan fingerprint density at radius 3 is 2.50 bits per heavy atom. The molecule has 110 valence electrons. The number of halogens is 1. The summed E-state index contributed by atoms with van der Waals surface area (Å²) in [5, 5.41) is 19.6. The lowest BCUT2D eigenvalue weighted by Crippen LogP contribution is -2.13. The molecule has 0 fully saturated rings. The standard InChI is InChI=1S/C13H19ClN4O2/c1-7(2)18-11(9(20-5)6-15-18)12(19)10-8(3)16-17(4)13(10)14/h6-7,12,19H,1-5H3. The van der Waals surface area contributed by atoms with Gasteiger partial charge in [0.05, 0.1) is 19.0 Å². The van der Waals surface area contributed by atoms with Gasteiger partial charge in [-0.1, -0.05) is 11.6 Å². The molecule has 0 aliphatic heterocycles. The van der Waals surface area contributed by atoms with Crippen molar-refractivity contribution in [3.05, 3.63) is 28.3 Å². The molecule has 0 saturated carbocycles. The van der Waals surface area contributed by atoms with Crippen molar-refractivity contribution in [1.82, 2.24) is 19.6 Å². The minimum Gasteiger partial charge on any atom is -0.493 e. The number of hydrogen-bond acceptors (Lipinski definition) is 4. The van der Waals surface area contributed by atoms with Crippen LogP contribution in [0.1, 0.15) is 42.9 Å². The molecule has 2 rings (SSSR count). The topological polar surface area (TPSA) is 65.1 Å². The van der Waals surface area contributed by atoms with Crippen LogP contribution in [0.25, 0.3) is 0 Å². The highest BCUT2D eigenvalue weighted by atomic mass is 35.5. The summed E-state index contributed by atoms with van der Waals surface area (Å²) in [4.78, 5) is 0. The number of ether oxygens (including phenoxy) is 1. The van der Waals surface area contributed by atoms with Crippen LogP contribution in [-0.4, -0.2) is 31.8 Å². The molecule has 0 aromatic carbocycles. The first-order valence-electron chi connectivity index (χ1n) is 6.36. The predicted molar refractivity (Wildman–Crippen MR) is 76.2 cm³/mol. The fourth-order valence-electron chi connectivity index (χ4n) is 2.28. The van der Waals surface area contributed by atoms with Crippen molar-refractivity contribution in [3.8, 4) is 5.75 Å². The van der Waals surface area contributed by atoms with Crippen molar-refractivity contribution in [2.24, 2.45) is 7.05 Å². The van der Waals surface area contributed by atoms with Gasteiger partial charge in [0, 0.05) is 18.7 Å². The first kappa shape index (κ1) is 14.9. The molecule has 0 spiro atoms. The van der Waals surface area contributed by atoms with Crippen LogP contribution >= 0.6 is 11.6 Å². The van der Waals surface area contributed by atoms with Gasteiger partial charge in [0.25, 0.3) is 0 Å². The van der Waals surface area contributed by atoms with E-state index in [0.717, 1.165) is 0 Å². The number of aliphatic hydroxyl groups is 1. The number of aryl methyl sites for hydroxylation is 2. The summed E-state index contributed by atoms with van der Waals surface area (Å²) in [6, 6.07) is 0.0966. The highest BCUT2D eigenvalue weighted by Crippen LogP contribution is 2.36. The van der Waals surface area contributed by atoms with Crippen LogP contribution in [0.2, 0.25) is 5.15 Å². The van der Waals surface area contributed by atoms with Crippen molar-refractivity contribution >= 4 is 11.6 Å². The fourth-order valence-corrected chi connectivity index (χ4v) is 2.56. The Bertz CT molecular complexity index is 618. The van der Waals surface area contributed by atoms with Gasteiger partial charge in [-0.3, -0.25) is 9.36 Å². The maximum atomic E-state index is 10.7. The van der Waals surface area contributed by atoms with E-state index >= 15 is 0 Å². The lowest BCUT2D eigenvalue weighted by molar-refractivity contribution is 0.199. The zero-order valence-electron chi connectivity index (χ0n) is 12.3. The van der Waals surface area contributed by atoms with Gasteiger partial charge >= 0.3 is 0 Å². The number of methoxy groups -OCH3 is 1. The van der Waals surface area contributed by atoms with E-state index < -0.39 is 6.10 Å². The Morgan fingerprint density at radius 2 is 2.05 bits per heavy atom. The molecule has 2 aromatic rings. The SMILES string of the molecule is COc1cnn(C(C)C)c1C(O)c1c(C)nn(C)c1Cl. The molecule has 1 N–H and O–H groups in total. The zero-order chi connectivity index (χ0) is 15.0. The average Bonchev–Trinajstić information content (AvgIpc) is 2.91. The first-order chi connectivity index (χ1) is 9.38.